The average molecular weight is 556 g/mol. The van der Waals surface area contributed by atoms with Gasteiger partial charge in [-0.25, -0.2) is 4.79 Å². The third-order valence-corrected chi connectivity index (χ3v) is 6.49. The highest BCUT2D eigenvalue weighted by Crippen LogP contribution is 2.44. The molecule has 1 aliphatic rings. The SMILES string of the molecule is CCCCCCCCOc1ccc(-c2nnc([C@@]3(C)COC(C)(C)N3C(=O)OC(C)(C)C)o2)cc1C(F)(F)F. The van der Waals surface area contributed by atoms with Crippen molar-refractivity contribution in [2.24, 2.45) is 0 Å². The van der Waals surface area contributed by atoms with Gasteiger partial charge in [0.25, 0.3) is 0 Å². The van der Waals surface area contributed by atoms with Crippen LogP contribution in [0, 0.1) is 0 Å². The Morgan fingerprint density at radius 3 is 2.36 bits per heavy atom. The summed E-state index contributed by atoms with van der Waals surface area (Å²) in [6.45, 7) is 12.7. The van der Waals surface area contributed by atoms with E-state index >= 15 is 0 Å². The molecule has 3 rings (SSSR count). The summed E-state index contributed by atoms with van der Waals surface area (Å²) in [6.07, 6.45) is 0.742. The first-order valence-corrected chi connectivity index (χ1v) is 13.4. The monoisotopic (exact) mass is 555 g/mol. The zero-order chi connectivity index (χ0) is 29.1. The predicted octanol–water partition coefficient (Wildman–Crippen LogP) is 7.71. The van der Waals surface area contributed by atoms with E-state index in [1.54, 1.807) is 41.5 Å². The molecule has 11 heteroatoms. The summed E-state index contributed by atoms with van der Waals surface area (Å²) in [5.74, 6) is -0.340. The average Bonchev–Trinajstić information content (AvgIpc) is 3.40. The van der Waals surface area contributed by atoms with Gasteiger partial charge in [0.2, 0.25) is 11.8 Å². The molecule has 0 aliphatic carbocycles. The summed E-state index contributed by atoms with van der Waals surface area (Å²) in [7, 11) is 0. The zero-order valence-corrected chi connectivity index (χ0v) is 23.9. The number of rotatable bonds is 10. The van der Waals surface area contributed by atoms with E-state index < -0.39 is 34.7 Å². The van der Waals surface area contributed by atoms with Crippen molar-refractivity contribution in [3.63, 3.8) is 0 Å². The molecule has 8 nitrogen and oxygen atoms in total. The first-order valence-electron chi connectivity index (χ1n) is 13.4. The van der Waals surface area contributed by atoms with Crippen LogP contribution in [0.15, 0.2) is 22.6 Å². The first kappa shape index (κ1) is 30.7. The number of carbonyl (C=O) groups is 1. The van der Waals surface area contributed by atoms with Gasteiger partial charge in [-0.2, -0.15) is 13.2 Å². The van der Waals surface area contributed by atoms with Crippen LogP contribution >= 0.6 is 0 Å². The maximum absolute atomic E-state index is 13.9. The largest absolute Gasteiger partial charge is 0.493 e. The van der Waals surface area contributed by atoms with E-state index in [2.05, 4.69) is 17.1 Å². The van der Waals surface area contributed by atoms with E-state index in [-0.39, 0.29) is 36.3 Å². The lowest BCUT2D eigenvalue weighted by molar-refractivity contribution is -0.138. The Morgan fingerprint density at radius 1 is 1.05 bits per heavy atom. The van der Waals surface area contributed by atoms with Gasteiger partial charge in [0.15, 0.2) is 0 Å². The van der Waals surface area contributed by atoms with Gasteiger partial charge in [0, 0.05) is 5.56 Å². The molecule has 218 valence electrons. The molecule has 2 aromatic rings. The van der Waals surface area contributed by atoms with E-state index in [1.807, 2.05) is 0 Å². The summed E-state index contributed by atoms with van der Waals surface area (Å²) in [5, 5.41) is 8.08. The van der Waals surface area contributed by atoms with Crippen molar-refractivity contribution in [3.05, 3.63) is 29.7 Å². The van der Waals surface area contributed by atoms with Crippen LogP contribution in [0.4, 0.5) is 18.0 Å². The third kappa shape index (κ3) is 7.43. The third-order valence-electron chi connectivity index (χ3n) is 6.49. The Kier molecular flexibility index (Phi) is 9.24. The highest BCUT2D eigenvalue weighted by molar-refractivity contribution is 5.70. The Bertz CT molecular complexity index is 1130. The van der Waals surface area contributed by atoms with Crippen LogP contribution in [0.3, 0.4) is 0 Å². The highest BCUT2D eigenvalue weighted by atomic mass is 19.4. The molecular weight excluding hydrogens is 515 g/mol. The minimum absolute atomic E-state index is 0.0193. The van der Waals surface area contributed by atoms with Gasteiger partial charge in [-0.05, 0) is 66.2 Å². The summed E-state index contributed by atoms with van der Waals surface area (Å²) >= 11 is 0. The second kappa shape index (κ2) is 11.7. The number of ether oxygens (including phenoxy) is 3. The van der Waals surface area contributed by atoms with Crippen molar-refractivity contribution in [1.29, 1.82) is 0 Å². The minimum Gasteiger partial charge on any atom is -0.493 e. The number of amides is 1. The lowest BCUT2D eigenvalue weighted by Gasteiger charge is -2.38. The second-order valence-corrected chi connectivity index (χ2v) is 11.6. The molecule has 1 saturated heterocycles. The van der Waals surface area contributed by atoms with Crippen LogP contribution in [-0.4, -0.2) is 45.7 Å². The van der Waals surface area contributed by atoms with Crippen molar-refractivity contribution in [1.82, 2.24) is 15.1 Å². The number of carbonyl (C=O) groups excluding carboxylic acids is 1. The lowest BCUT2D eigenvalue weighted by Crippen LogP contribution is -2.54. The first-order chi connectivity index (χ1) is 18.1. The molecule has 0 bridgehead atoms. The van der Waals surface area contributed by atoms with Crippen molar-refractivity contribution in [3.8, 4) is 17.2 Å². The number of aromatic nitrogens is 2. The molecule has 39 heavy (non-hydrogen) atoms. The number of unbranched alkanes of at least 4 members (excludes halogenated alkanes) is 5. The number of nitrogens with zero attached hydrogens (tertiary/aromatic N) is 3. The molecule has 0 saturated carbocycles. The number of halogens is 3. The molecular formula is C28H40F3N3O5. The van der Waals surface area contributed by atoms with Crippen LogP contribution < -0.4 is 4.74 Å². The van der Waals surface area contributed by atoms with E-state index in [1.165, 1.54) is 17.0 Å². The topological polar surface area (TPSA) is 86.9 Å². The fourth-order valence-corrected chi connectivity index (χ4v) is 4.56. The van der Waals surface area contributed by atoms with E-state index in [0.717, 1.165) is 38.2 Å². The maximum atomic E-state index is 13.9. The van der Waals surface area contributed by atoms with Gasteiger partial charge in [-0.15, -0.1) is 10.2 Å². The standard InChI is InChI=1S/C28H40F3N3O5/c1-8-9-10-11-12-13-16-36-21-15-14-19(17-20(21)28(29,30)31)22-32-33-23(38-22)27(7)18-37-26(5,6)34(27)24(35)39-25(2,3)4/h14-15,17H,8-13,16,18H2,1-7H3/t27-/m1/s1. The van der Waals surface area contributed by atoms with Crippen molar-refractivity contribution < 1.29 is 36.6 Å². The quantitative estimate of drug-likeness (QED) is 0.278. The molecule has 0 spiro atoms. The van der Waals surface area contributed by atoms with Crippen molar-refractivity contribution >= 4 is 6.09 Å². The van der Waals surface area contributed by atoms with Gasteiger partial charge in [0.1, 0.15) is 22.6 Å². The summed E-state index contributed by atoms with van der Waals surface area (Å²) < 4.78 is 64.5. The van der Waals surface area contributed by atoms with Crippen molar-refractivity contribution in [2.45, 2.75) is 110 Å². The maximum Gasteiger partial charge on any atom is 0.419 e. The summed E-state index contributed by atoms with van der Waals surface area (Å²) in [5.41, 5.74) is -3.85. The molecule has 0 N–H and O–H groups in total. The number of hydrogen-bond donors (Lipinski definition) is 0. The van der Waals surface area contributed by atoms with E-state index in [4.69, 9.17) is 18.6 Å². The highest BCUT2D eigenvalue weighted by Gasteiger charge is 2.56. The number of alkyl halides is 3. The fourth-order valence-electron chi connectivity index (χ4n) is 4.56. The van der Waals surface area contributed by atoms with Gasteiger partial charge in [-0.3, -0.25) is 4.90 Å². The molecule has 0 unspecified atom stereocenters. The van der Waals surface area contributed by atoms with Gasteiger partial charge < -0.3 is 18.6 Å². The molecule has 1 amide bonds. The van der Waals surface area contributed by atoms with Crippen molar-refractivity contribution in [2.75, 3.05) is 13.2 Å². The normalized spacial score (nSPS) is 19.4. The van der Waals surface area contributed by atoms with Crippen LogP contribution in [0.2, 0.25) is 0 Å². The Balaban J connectivity index is 1.83. The molecule has 1 atom stereocenters. The molecule has 1 aromatic heterocycles. The van der Waals surface area contributed by atoms with Crippen LogP contribution in [0.25, 0.3) is 11.5 Å². The smallest absolute Gasteiger partial charge is 0.419 e. The second-order valence-electron chi connectivity index (χ2n) is 11.6. The van der Waals surface area contributed by atoms with Crippen LogP contribution in [0.1, 0.15) is 98.4 Å². The molecule has 0 radical (unpaired) electrons. The molecule has 1 fully saturated rings. The Hall–Kier alpha value is -2.82. The number of hydrogen-bond acceptors (Lipinski definition) is 7. The zero-order valence-electron chi connectivity index (χ0n) is 23.9. The molecule has 1 aromatic carbocycles. The fraction of sp³-hybridized carbons (Fsp3) is 0.679. The summed E-state index contributed by atoms with van der Waals surface area (Å²) in [4.78, 5) is 14.5. The number of benzene rings is 1. The van der Waals surface area contributed by atoms with Crippen LogP contribution in [0.5, 0.6) is 5.75 Å². The molecule has 1 aliphatic heterocycles. The summed E-state index contributed by atoms with van der Waals surface area (Å²) in [6, 6.07) is 3.67. The Labute approximate surface area is 228 Å². The van der Waals surface area contributed by atoms with Gasteiger partial charge in [0.05, 0.1) is 18.8 Å². The lowest BCUT2D eigenvalue weighted by atomic mass is 10.0. The Morgan fingerprint density at radius 2 is 1.72 bits per heavy atom. The predicted molar refractivity (Wildman–Crippen MR) is 139 cm³/mol. The molecule has 2 heterocycles. The van der Waals surface area contributed by atoms with E-state index in [9.17, 15) is 18.0 Å². The minimum atomic E-state index is -4.64. The van der Waals surface area contributed by atoms with Gasteiger partial charge >= 0.3 is 12.3 Å². The van der Waals surface area contributed by atoms with Gasteiger partial charge in [-0.1, -0.05) is 39.0 Å². The van der Waals surface area contributed by atoms with Crippen LogP contribution in [-0.2, 0) is 21.2 Å². The van der Waals surface area contributed by atoms with E-state index in [0.29, 0.717) is 6.42 Å².